The van der Waals surface area contributed by atoms with Crippen LogP contribution in [-0.4, -0.2) is 71.6 Å². The molecule has 0 bridgehead atoms. The van der Waals surface area contributed by atoms with E-state index in [2.05, 4.69) is 31.1 Å². The molecule has 1 aliphatic heterocycles. The average molecular weight is 454 g/mol. The zero-order valence-electron chi connectivity index (χ0n) is 19.2. The third-order valence-corrected chi connectivity index (χ3v) is 5.49. The predicted molar refractivity (Wildman–Crippen MR) is 125 cm³/mol. The number of aromatic nitrogens is 4. The van der Waals surface area contributed by atoms with E-state index in [-0.39, 0.29) is 0 Å². The molecule has 0 aliphatic carbocycles. The van der Waals surface area contributed by atoms with Crippen LogP contribution in [0, 0.1) is 0 Å². The summed E-state index contributed by atoms with van der Waals surface area (Å²) in [4.78, 5) is 11.1. The number of ether oxygens (including phenoxy) is 4. The minimum atomic E-state index is 0.420. The number of morpholine rings is 1. The molecule has 9 nitrogen and oxygen atoms in total. The summed E-state index contributed by atoms with van der Waals surface area (Å²) in [6.45, 7) is 7.16. The summed E-state index contributed by atoms with van der Waals surface area (Å²) in [6.07, 6.45) is 8.37. The fourth-order valence-electron chi connectivity index (χ4n) is 3.71. The van der Waals surface area contributed by atoms with Crippen LogP contribution in [0.5, 0.6) is 23.3 Å². The Labute approximate surface area is 193 Å². The topological polar surface area (TPSA) is 94.6 Å². The third-order valence-electron chi connectivity index (χ3n) is 5.49. The van der Waals surface area contributed by atoms with Gasteiger partial charge < -0.3 is 18.9 Å². The predicted octanol–water partition coefficient (Wildman–Crippen LogP) is 3.76. The first-order valence-electron chi connectivity index (χ1n) is 11.4. The second kappa shape index (κ2) is 11.6. The monoisotopic (exact) mass is 453 g/mol. The van der Waals surface area contributed by atoms with Crippen LogP contribution in [0.2, 0.25) is 0 Å². The van der Waals surface area contributed by atoms with E-state index >= 15 is 0 Å². The summed E-state index contributed by atoms with van der Waals surface area (Å²) in [6, 6.07) is 5.60. The number of nitrogens with zero attached hydrogens (tertiary/aromatic N) is 4. The van der Waals surface area contributed by atoms with Crippen molar-refractivity contribution in [2.45, 2.75) is 26.2 Å². The van der Waals surface area contributed by atoms with Crippen molar-refractivity contribution in [1.82, 2.24) is 25.1 Å². The van der Waals surface area contributed by atoms with Gasteiger partial charge in [0.05, 0.1) is 37.8 Å². The molecule has 3 heterocycles. The number of nitrogens with one attached hydrogen (secondary N) is 1. The van der Waals surface area contributed by atoms with Crippen molar-refractivity contribution >= 4 is 10.9 Å². The van der Waals surface area contributed by atoms with E-state index < -0.39 is 0 Å². The fraction of sp³-hybridized carbons (Fsp3) is 0.458. The SMILES string of the molecule is CC=CCCc1cc(Oc2ncnc3cc(OCCCN4CCOCC4)c(OC)cc23)n[nH]1. The van der Waals surface area contributed by atoms with Gasteiger partial charge >= 0.3 is 0 Å². The molecule has 3 aromatic rings. The maximum atomic E-state index is 6.03. The van der Waals surface area contributed by atoms with Gasteiger partial charge in [0, 0.05) is 37.5 Å². The summed E-state index contributed by atoms with van der Waals surface area (Å²) in [5, 5.41) is 7.99. The molecule has 2 aromatic heterocycles. The summed E-state index contributed by atoms with van der Waals surface area (Å²) >= 11 is 0. The average Bonchev–Trinajstić information content (AvgIpc) is 3.29. The first-order chi connectivity index (χ1) is 16.3. The number of benzene rings is 1. The van der Waals surface area contributed by atoms with E-state index in [4.69, 9.17) is 18.9 Å². The van der Waals surface area contributed by atoms with Crippen LogP contribution in [-0.2, 0) is 11.2 Å². The number of aryl methyl sites for hydroxylation is 1. The first-order valence-corrected chi connectivity index (χ1v) is 11.4. The highest BCUT2D eigenvalue weighted by Crippen LogP contribution is 2.35. The molecule has 0 spiro atoms. The van der Waals surface area contributed by atoms with Gasteiger partial charge in [0.1, 0.15) is 6.33 Å². The molecule has 0 saturated carbocycles. The molecular weight excluding hydrogens is 422 g/mol. The number of H-pyrrole nitrogens is 1. The number of rotatable bonds is 11. The molecule has 1 N–H and O–H groups in total. The zero-order chi connectivity index (χ0) is 22.9. The van der Waals surface area contributed by atoms with Crippen LogP contribution in [0.3, 0.4) is 0 Å². The van der Waals surface area contributed by atoms with Gasteiger partial charge in [0.15, 0.2) is 11.5 Å². The molecule has 1 aliphatic rings. The molecule has 1 saturated heterocycles. The Kier molecular flexibility index (Phi) is 8.10. The van der Waals surface area contributed by atoms with Gasteiger partial charge in [-0.2, -0.15) is 0 Å². The molecule has 0 amide bonds. The Morgan fingerprint density at radius 3 is 2.85 bits per heavy atom. The molecule has 9 heteroatoms. The maximum absolute atomic E-state index is 6.03. The highest BCUT2D eigenvalue weighted by Gasteiger charge is 2.15. The molecule has 176 valence electrons. The van der Waals surface area contributed by atoms with Crippen molar-refractivity contribution < 1.29 is 18.9 Å². The van der Waals surface area contributed by atoms with E-state index in [9.17, 15) is 0 Å². The lowest BCUT2D eigenvalue weighted by Crippen LogP contribution is -2.37. The van der Waals surface area contributed by atoms with Crippen LogP contribution in [0.4, 0.5) is 0 Å². The van der Waals surface area contributed by atoms with Gasteiger partial charge in [0.2, 0.25) is 11.8 Å². The lowest BCUT2D eigenvalue weighted by atomic mass is 10.2. The second-order valence-corrected chi connectivity index (χ2v) is 7.80. The van der Waals surface area contributed by atoms with Gasteiger partial charge in [-0.1, -0.05) is 12.2 Å². The summed E-state index contributed by atoms with van der Waals surface area (Å²) in [7, 11) is 1.62. The summed E-state index contributed by atoms with van der Waals surface area (Å²) in [5.74, 6) is 2.15. The molecule has 0 unspecified atom stereocenters. The summed E-state index contributed by atoms with van der Waals surface area (Å²) in [5.41, 5.74) is 1.72. The Hall–Kier alpha value is -3.17. The Morgan fingerprint density at radius 1 is 1.15 bits per heavy atom. The van der Waals surface area contributed by atoms with Crippen LogP contribution in [0.1, 0.15) is 25.5 Å². The van der Waals surface area contributed by atoms with Crippen LogP contribution < -0.4 is 14.2 Å². The normalized spacial score (nSPS) is 14.7. The lowest BCUT2D eigenvalue weighted by Gasteiger charge is -2.26. The largest absolute Gasteiger partial charge is 0.493 e. The number of hydrogen-bond donors (Lipinski definition) is 1. The van der Waals surface area contributed by atoms with Crippen molar-refractivity contribution in [2.24, 2.45) is 0 Å². The molecule has 33 heavy (non-hydrogen) atoms. The van der Waals surface area contributed by atoms with E-state index in [0.29, 0.717) is 35.4 Å². The fourth-order valence-corrected chi connectivity index (χ4v) is 3.71. The molecule has 0 radical (unpaired) electrons. The number of fused-ring (bicyclic) bond motifs is 1. The zero-order valence-corrected chi connectivity index (χ0v) is 19.2. The minimum absolute atomic E-state index is 0.420. The maximum Gasteiger partial charge on any atom is 0.240 e. The highest BCUT2D eigenvalue weighted by atomic mass is 16.5. The van der Waals surface area contributed by atoms with Crippen molar-refractivity contribution in [1.29, 1.82) is 0 Å². The molecule has 1 fully saturated rings. The lowest BCUT2D eigenvalue weighted by molar-refractivity contribution is 0.0357. The van der Waals surface area contributed by atoms with Crippen molar-refractivity contribution in [3.05, 3.63) is 42.4 Å². The Morgan fingerprint density at radius 2 is 2.03 bits per heavy atom. The standard InChI is InChI=1S/C24H31N5O4/c1-3-4-5-7-18-14-23(28-27-18)33-24-19-15-21(30-2)22(16-20(19)25-17-26-24)32-11-6-8-29-9-12-31-13-10-29/h3-4,14-17H,5-13H2,1-2H3,(H,27,28). The second-order valence-electron chi connectivity index (χ2n) is 7.80. The van der Waals surface area contributed by atoms with E-state index in [1.54, 1.807) is 7.11 Å². The van der Waals surface area contributed by atoms with E-state index in [1.807, 2.05) is 31.2 Å². The smallest absolute Gasteiger partial charge is 0.240 e. The van der Waals surface area contributed by atoms with Gasteiger partial charge in [0.25, 0.3) is 0 Å². The van der Waals surface area contributed by atoms with Crippen molar-refractivity contribution in [3.8, 4) is 23.3 Å². The van der Waals surface area contributed by atoms with Gasteiger partial charge in [-0.3, -0.25) is 10.00 Å². The van der Waals surface area contributed by atoms with E-state index in [0.717, 1.165) is 63.2 Å². The highest BCUT2D eigenvalue weighted by molar-refractivity contribution is 5.86. The molecular formula is C24H31N5O4. The summed E-state index contributed by atoms with van der Waals surface area (Å²) < 4.78 is 23.0. The first kappa shape index (κ1) is 23.0. The number of allylic oxidation sites excluding steroid dienone is 2. The minimum Gasteiger partial charge on any atom is -0.493 e. The van der Waals surface area contributed by atoms with Crippen molar-refractivity contribution in [2.75, 3.05) is 46.6 Å². The molecule has 1 aromatic carbocycles. The van der Waals surface area contributed by atoms with Gasteiger partial charge in [-0.15, -0.1) is 5.10 Å². The number of hydrogen-bond acceptors (Lipinski definition) is 8. The van der Waals surface area contributed by atoms with Crippen molar-refractivity contribution in [3.63, 3.8) is 0 Å². The Balaban J connectivity index is 1.43. The van der Waals surface area contributed by atoms with Crippen LogP contribution in [0.15, 0.2) is 36.7 Å². The van der Waals surface area contributed by atoms with Gasteiger partial charge in [-0.25, -0.2) is 9.97 Å². The number of methoxy groups -OCH3 is 1. The Bertz CT molecular complexity index is 1060. The van der Waals surface area contributed by atoms with Crippen LogP contribution >= 0.6 is 0 Å². The third kappa shape index (κ3) is 6.21. The van der Waals surface area contributed by atoms with Gasteiger partial charge in [-0.05, 0) is 32.3 Å². The number of aromatic amines is 1. The quantitative estimate of drug-likeness (QED) is 0.346. The van der Waals surface area contributed by atoms with E-state index in [1.165, 1.54) is 6.33 Å². The molecule has 4 rings (SSSR count). The van der Waals surface area contributed by atoms with Crippen LogP contribution in [0.25, 0.3) is 10.9 Å². The molecule has 0 atom stereocenters.